The predicted octanol–water partition coefficient (Wildman–Crippen LogP) is 3.08. The van der Waals surface area contributed by atoms with E-state index in [1.54, 1.807) is 0 Å². The highest BCUT2D eigenvalue weighted by Gasteiger charge is 2.16. The Bertz CT molecular complexity index is 485. The van der Waals surface area contributed by atoms with Crippen molar-refractivity contribution in [2.75, 3.05) is 6.61 Å². The van der Waals surface area contributed by atoms with Gasteiger partial charge in [-0.15, -0.1) is 0 Å². The second-order valence-corrected chi connectivity index (χ2v) is 5.20. The van der Waals surface area contributed by atoms with Gasteiger partial charge in [0.05, 0.1) is 6.61 Å². The van der Waals surface area contributed by atoms with Gasteiger partial charge in [0, 0.05) is 11.1 Å². The molecule has 1 heterocycles. The maximum atomic E-state index is 11.9. The first-order chi connectivity index (χ1) is 9.15. The van der Waals surface area contributed by atoms with Crippen molar-refractivity contribution in [3.63, 3.8) is 0 Å². The number of benzene rings is 1. The Morgan fingerprint density at radius 3 is 3.05 bits per heavy atom. The Kier molecular flexibility index (Phi) is 4.86. The van der Waals surface area contributed by atoms with Crippen molar-refractivity contribution in [3.8, 4) is 0 Å². The number of rotatable bonds is 4. The van der Waals surface area contributed by atoms with E-state index in [2.05, 4.69) is 5.32 Å². The van der Waals surface area contributed by atoms with Crippen LogP contribution in [0.2, 0.25) is 5.02 Å². The summed E-state index contributed by atoms with van der Waals surface area (Å²) in [6, 6.07) is 7.72. The van der Waals surface area contributed by atoms with Crippen molar-refractivity contribution in [1.82, 2.24) is 5.32 Å². The number of carbonyl (C=O) groups is 1. The van der Waals surface area contributed by atoms with Crippen LogP contribution in [0.5, 0.6) is 0 Å². The highest BCUT2D eigenvalue weighted by Crippen LogP contribution is 2.13. The van der Waals surface area contributed by atoms with Gasteiger partial charge in [0.1, 0.15) is 0 Å². The van der Waals surface area contributed by atoms with E-state index in [1.165, 1.54) is 0 Å². The second kappa shape index (κ2) is 6.62. The molecule has 0 radical (unpaired) electrons. The molecule has 0 fully saturated rings. The Morgan fingerprint density at radius 2 is 2.37 bits per heavy atom. The van der Waals surface area contributed by atoms with E-state index in [1.807, 2.05) is 37.3 Å². The first-order valence-corrected chi connectivity index (χ1v) is 6.91. The summed E-state index contributed by atoms with van der Waals surface area (Å²) in [5.74, 6) is 0.318. The minimum atomic E-state index is -0.130. The molecule has 0 bridgehead atoms. The van der Waals surface area contributed by atoms with Crippen LogP contribution in [0.3, 0.4) is 0 Å². The number of amides is 1. The molecule has 1 aromatic rings. The molecule has 1 aromatic carbocycles. The van der Waals surface area contributed by atoms with Crippen LogP contribution in [-0.4, -0.2) is 18.6 Å². The molecule has 1 unspecified atom stereocenters. The van der Waals surface area contributed by atoms with E-state index in [0.29, 0.717) is 17.4 Å². The number of nitrogens with one attached hydrogen (secondary N) is 1. The molecular formula is C15H18ClNO2. The molecule has 0 saturated carbocycles. The van der Waals surface area contributed by atoms with Crippen molar-refractivity contribution in [1.29, 1.82) is 0 Å². The number of halogens is 1. The van der Waals surface area contributed by atoms with E-state index in [9.17, 15) is 4.79 Å². The highest BCUT2D eigenvalue weighted by molar-refractivity contribution is 6.30. The summed E-state index contributed by atoms with van der Waals surface area (Å²) in [6.45, 7) is 2.60. The largest absolute Gasteiger partial charge is 0.488 e. The maximum Gasteiger partial charge on any atom is 0.286 e. The molecule has 0 spiro atoms. The van der Waals surface area contributed by atoms with E-state index in [0.717, 1.165) is 24.8 Å². The molecule has 4 heteroatoms. The van der Waals surface area contributed by atoms with Crippen LogP contribution in [0.25, 0.3) is 0 Å². The van der Waals surface area contributed by atoms with E-state index < -0.39 is 0 Å². The Hall–Kier alpha value is -1.48. The lowest BCUT2D eigenvalue weighted by Gasteiger charge is -2.18. The lowest BCUT2D eigenvalue weighted by atomic mass is 10.1. The fraction of sp³-hybridized carbons (Fsp3) is 0.400. The lowest BCUT2D eigenvalue weighted by molar-refractivity contribution is -0.121. The molecule has 102 valence electrons. The summed E-state index contributed by atoms with van der Waals surface area (Å²) in [4.78, 5) is 11.9. The summed E-state index contributed by atoms with van der Waals surface area (Å²) >= 11 is 5.94. The zero-order chi connectivity index (χ0) is 13.7. The summed E-state index contributed by atoms with van der Waals surface area (Å²) < 4.78 is 5.34. The average Bonchev–Trinajstić information content (AvgIpc) is 2.39. The Balaban J connectivity index is 1.88. The number of hydrogen-bond acceptors (Lipinski definition) is 2. The van der Waals surface area contributed by atoms with Crippen molar-refractivity contribution >= 4 is 17.5 Å². The molecule has 2 rings (SSSR count). The number of carbonyl (C=O) groups excluding carboxylic acids is 1. The minimum Gasteiger partial charge on any atom is -0.488 e. The fourth-order valence-corrected chi connectivity index (χ4v) is 2.29. The molecule has 1 aliphatic rings. The molecule has 0 aliphatic carbocycles. The Morgan fingerprint density at radius 1 is 1.53 bits per heavy atom. The fourth-order valence-electron chi connectivity index (χ4n) is 2.08. The van der Waals surface area contributed by atoms with Crippen LogP contribution in [0.4, 0.5) is 0 Å². The third-order valence-electron chi connectivity index (χ3n) is 2.97. The van der Waals surface area contributed by atoms with Crippen LogP contribution >= 0.6 is 11.6 Å². The molecule has 3 nitrogen and oxygen atoms in total. The van der Waals surface area contributed by atoms with Crippen LogP contribution in [-0.2, 0) is 16.0 Å². The van der Waals surface area contributed by atoms with Gasteiger partial charge in [-0.1, -0.05) is 23.7 Å². The molecule has 19 heavy (non-hydrogen) atoms. The van der Waals surface area contributed by atoms with Gasteiger partial charge in [-0.3, -0.25) is 4.79 Å². The van der Waals surface area contributed by atoms with Gasteiger partial charge in [0.15, 0.2) is 5.76 Å². The first-order valence-electron chi connectivity index (χ1n) is 6.53. The van der Waals surface area contributed by atoms with E-state index in [-0.39, 0.29) is 11.9 Å². The summed E-state index contributed by atoms with van der Waals surface area (Å²) in [5.41, 5.74) is 1.11. The third kappa shape index (κ3) is 4.28. The van der Waals surface area contributed by atoms with Gasteiger partial charge >= 0.3 is 0 Å². The minimum absolute atomic E-state index is 0.0393. The van der Waals surface area contributed by atoms with Crippen molar-refractivity contribution in [2.24, 2.45) is 0 Å². The zero-order valence-electron chi connectivity index (χ0n) is 11.0. The molecule has 0 saturated heterocycles. The smallest absolute Gasteiger partial charge is 0.286 e. The summed E-state index contributed by atoms with van der Waals surface area (Å²) in [5, 5.41) is 3.66. The maximum absolute atomic E-state index is 11.9. The lowest BCUT2D eigenvalue weighted by Crippen LogP contribution is -2.36. The molecule has 1 aliphatic heterocycles. The van der Waals surface area contributed by atoms with Gasteiger partial charge in [0.2, 0.25) is 0 Å². The second-order valence-electron chi connectivity index (χ2n) is 4.77. The highest BCUT2D eigenvalue weighted by atomic mass is 35.5. The quantitative estimate of drug-likeness (QED) is 0.920. The number of hydrogen-bond donors (Lipinski definition) is 1. The predicted molar refractivity (Wildman–Crippen MR) is 76.0 cm³/mol. The first kappa shape index (κ1) is 13.9. The molecular weight excluding hydrogens is 262 g/mol. The van der Waals surface area contributed by atoms with Crippen LogP contribution in [0, 0.1) is 0 Å². The van der Waals surface area contributed by atoms with Gasteiger partial charge < -0.3 is 10.1 Å². The monoisotopic (exact) mass is 279 g/mol. The summed E-state index contributed by atoms with van der Waals surface area (Å²) in [6.07, 6.45) is 4.49. The topological polar surface area (TPSA) is 38.3 Å². The van der Waals surface area contributed by atoms with Crippen molar-refractivity contribution in [2.45, 2.75) is 32.2 Å². The van der Waals surface area contributed by atoms with Crippen LogP contribution in [0.1, 0.15) is 25.3 Å². The summed E-state index contributed by atoms with van der Waals surface area (Å²) in [7, 11) is 0. The van der Waals surface area contributed by atoms with Crippen molar-refractivity contribution in [3.05, 3.63) is 46.7 Å². The van der Waals surface area contributed by atoms with Crippen LogP contribution in [0.15, 0.2) is 36.1 Å². The molecule has 1 N–H and O–H groups in total. The van der Waals surface area contributed by atoms with Gasteiger partial charge in [-0.05, 0) is 50.0 Å². The van der Waals surface area contributed by atoms with Crippen molar-refractivity contribution < 1.29 is 9.53 Å². The van der Waals surface area contributed by atoms with E-state index >= 15 is 0 Å². The molecule has 1 amide bonds. The SMILES string of the molecule is CC(Cc1cccc(Cl)c1)NC(=O)C1=CCCCO1. The normalized spacial score (nSPS) is 16.2. The average molecular weight is 280 g/mol. The van der Waals surface area contributed by atoms with Gasteiger partial charge in [-0.25, -0.2) is 0 Å². The molecule has 1 atom stereocenters. The zero-order valence-corrected chi connectivity index (χ0v) is 11.7. The van der Waals surface area contributed by atoms with Crippen LogP contribution < -0.4 is 5.32 Å². The number of allylic oxidation sites excluding steroid dienone is 1. The standard InChI is InChI=1S/C15H18ClNO2/c1-11(9-12-5-4-6-13(16)10-12)17-15(18)14-7-2-3-8-19-14/h4-7,10-11H,2-3,8-9H2,1H3,(H,17,18). The van der Waals surface area contributed by atoms with Gasteiger partial charge in [-0.2, -0.15) is 0 Å². The number of ether oxygens (including phenoxy) is 1. The molecule has 0 aromatic heterocycles. The third-order valence-corrected chi connectivity index (χ3v) is 3.20. The van der Waals surface area contributed by atoms with Gasteiger partial charge in [0.25, 0.3) is 5.91 Å². The van der Waals surface area contributed by atoms with E-state index in [4.69, 9.17) is 16.3 Å². The Labute approximate surface area is 118 Å².